The van der Waals surface area contributed by atoms with Gasteiger partial charge in [0.25, 0.3) is 0 Å². The first-order chi connectivity index (χ1) is 10.0. The Balaban J connectivity index is 2.23. The van der Waals surface area contributed by atoms with E-state index in [0.717, 1.165) is 12.1 Å². The Kier molecular flexibility index (Phi) is 4.37. The lowest BCUT2D eigenvalue weighted by atomic mass is 10.2. The number of aromatic carboxylic acids is 1. The summed E-state index contributed by atoms with van der Waals surface area (Å²) in [6, 6.07) is 7.64. The van der Waals surface area contributed by atoms with Gasteiger partial charge in [0, 0.05) is 5.56 Å². The third-order valence-corrected chi connectivity index (χ3v) is 2.82. The Morgan fingerprint density at radius 3 is 2.62 bits per heavy atom. The van der Waals surface area contributed by atoms with Crippen LogP contribution in [0.3, 0.4) is 0 Å². The normalized spacial score (nSPS) is 10.2. The van der Waals surface area contributed by atoms with E-state index >= 15 is 0 Å². The molecule has 0 spiro atoms. The highest BCUT2D eigenvalue weighted by Gasteiger charge is 2.14. The summed E-state index contributed by atoms with van der Waals surface area (Å²) in [5, 5.41) is 8.98. The molecule has 0 saturated carbocycles. The van der Waals surface area contributed by atoms with Crippen molar-refractivity contribution in [1.29, 1.82) is 0 Å². The molecule has 0 bridgehead atoms. The van der Waals surface area contributed by atoms with Gasteiger partial charge in [0.15, 0.2) is 11.6 Å². The van der Waals surface area contributed by atoms with E-state index in [1.807, 2.05) is 0 Å². The molecule has 21 heavy (non-hydrogen) atoms. The molecule has 2 aromatic rings. The van der Waals surface area contributed by atoms with Crippen LogP contribution in [0.4, 0.5) is 8.78 Å². The number of ether oxygens (including phenoxy) is 2. The standard InChI is InChI=1S/C15H12F2O4/c1-20-13-4-2-3-9(14(13)17)8-21-12-6-5-10(16)7-11(12)15(18)19/h2-7H,8H2,1H3,(H,18,19). The minimum Gasteiger partial charge on any atom is -0.494 e. The molecule has 1 N–H and O–H groups in total. The molecule has 0 radical (unpaired) electrons. The second-order valence-electron chi connectivity index (χ2n) is 4.17. The zero-order valence-electron chi connectivity index (χ0n) is 11.1. The summed E-state index contributed by atoms with van der Waals surface area (Å²) in [5.41, 5.74) is -0.117. The molecule has 6 heteroatoms. The van der Waals surface area contributed by atoms with Crippen LogP contribution in [-0.4, -0.2) is 18.2 Å². The SMILES string of the molecule is COc1cccc(COc2ccc(F)cc2C(=O)O)c1F. The van der Waals surface area contributed by atoms with Crippen molar-refractivity contribution in [2.24, 2.45) is 0 Å². The number of hydrogen-bond acceptors (Lipinski definition) is 3. The minimum atomic E-state index is -1.32. The number of carboxylic acids is 1. The third-order valence-electron chi connectivity index (χ3n) is 2.82. The number of hydrogen-bond donors (Lipinski definition) is 1. The van der Waals surface area contributed by atoms with Crippen LogP contribution in [0.1, 0.15) is 15.9 Å². The molecule has 0 aromatic heterocycles. The van der Waals surface area contributed by atoms with E-state index in [0.29, 0.717) is 0 Å². The predicted molar refractivity (Wildman–Crippen MR) is 70.6 cm³/mol. The molecular weight excluding hydrogens is 282 g/mol. The van der Waals surface area contributed by atoms with Gasteiger partial charge in [0.05, 0.1) is 7.11 Å². The summed E-state index contributed by atoms with van der Waals surface area (Å²) in [4.78, 5) is 11.0. The number of carboxylic acid groups (broad SMARTS) is 1. The molecule has 0 aliphatic heterocycles. The summed E-state index contributed by atoms with van der Waals surface area (Å²) in [6.45, 7) is -0.199. The molecule has 0 amide bonds. The molecule has 110 valence electrons. The highest BCUT2D eigenvalue weighted by atomic mass is 19.1. The van der Waals surface area contributed by atoms with Crippen LogP contribution in [0.15, 0.2) is 36.4 Å². The Morgan fingerprint density at radius 2 is 1.95 bits per heavy atom. The van der Waals surface area contributed by atoms with Gasteiger partial charge in [0.2, 0.25) is 0 Å². The van der Waals surface area contributed by atoms with Crippen molar-refractivity contribution in [3.8, 4) is 11.5 Å². The lowest BCUT2D eigenvalue weighted by Gasteiger charge is -2.11. The van der Waals surface area contributed by atoms with Gasteiger partial charge in [0.1, 0.15) is 23.7 Å². The van der Waals surface area contributed by atoms with Crippen molar-refractivity contribution < 1.29 is 28.2 Å². The fourth-order valence-electron chi connectivity index (χ4n) is 1.78. The van der Waals surface area contributed by atoms with Crippen molar-refractivity contribution in [2.75, 3.05) is 7.11 Å². The lowest BCUT2D eigenvalue weighted by Crippen LogP contribution is -2.05. The zero-order valence-corrected chi connectivity index (χ0v) is 11.1. The molecule has 0 fully saturated rings. The summed E-state index contributed by atoms with van der Waals surface area (Å²) in [5.74, 6) is -2.57. The van der Waals surface area contributed by atoms with Crippen LogP contribution in [0, 0.1) is 11.6 Å². The van der Waals surface area contributed by atoms with Gasteiger partial charge < -0.3 is 14.6 Å². The number of halogens is 2. The van der Waals surface area contributed by atoms with Gasteiger partial charge >= 0.3 is 5.97 Å². The Labute approximate surface area is 119 Å². The Bertz CT molecular complexity index is 671. The van der Waals surface area contributed by atoms with Crippen LogP contribution in [0.5, 0.6) is 11.5 Å². The van der Waals surface area contributed by atoms with Gasteiger partial charge in [-0.1, -0.05) is 12.1 Å². The van der Waals surface area contributed by atoms with Crippen LogP contribution < -0.4 is 9.47 Å². The topological polar surface area (TPSA) is 55.8 Å². The molecule has 0 atom stereocenters. The smallest absolute Gasteiger partial charge is 0.339 e. The van der Waals surface area contributed by atoms with Crippen LogP contribution >= 0.6 is 0 Å². The summed E-state index contributed by atoms with van der Waals surface area (Å²) in [7, 11) is 1.34. The van der Waals surface area contributed by atoms with Gasteiger partial charge in [-0.15, -0.1) is 0 Å². The van der Waals surface area contributed by atoms with Crippen molar-refractivity contribution in [1.82, 2.24) is 0 Å². The van der Waals surface area contributed by atoms with Gasteiger partial charge in [-0.25, -0.2) is 13.6 Å². The zero-order chi connectivity index (χ0) is 15.4. The predicted octanol–water partition coefficient (Wildman–Crippen LogP) is 3.25. The number of methoxy groups -OCH3 is 1. The van der Waals surface area contributed by atoms with Crippen molar-refractivity contribution in [3.05, 3.63) is 59.2 Å². The average Bonchev–Trinajstić information content (AvgIpc) is 2.47. The molecule has 0 aliphatic carbocycles. The van der Waals surface area contributed by atoms with E-state index in [1.54, 1.807) is 6.07 Å². The fourth-order valence-corrected chi connectivity index (χ4v) is 1.78. The maximum atomic E-state index is 13.9. The van der Waals surface area contributed by atoms with E-state index in [-0.39, 0.29) is 29.2 Å². The number of carbonyl (C=O) groups is 1. The first-order valence-electron chi connectivity index (χ1n) is 6.00. The van der Waals surface area contributed by atoms with Crippen LogP contribution in [0.2, 0.25) is 0 Å². The summed E-state index contributed by atoms with van der Waals surface area (Å²) >= 11 is 0. The van der Waals surface area contributed by atoms with Crippen molar-refractivity contribution in [3.63, 3.8) is 0 Å². The Hall–Kier alpha value is -2.63. The molecular formula is C15H12F2O4. The molecule has 0 heterocycles. The van der Waals surface area contributed by atoms with Crippen LogP contribution in [-0.2, 0) is 6.61 Å². The van der Waals surface area contributed by atoms with E-state index in [9.17, 15) is 13.6 Å². The second kappa shape index (κ2) is 6.21. The Morgan fingerprint density at radius 1 is 1.19 bits per heavy atom. The van der Waals surface area contributed by atoms with Crippen molar-refractivity contribution in [2.45, 2.75) is 6.61 Å². The first-order valence-corrected chi connectivity index (χ1v) is 6.00. The van der Waals surface area contributed by atoms with E-state index < -0.39 is 17.6 Å². The van der Waals surface area contributed by atoms with Crippen LogP contribution in [0.25, 0.3) is 0 Å². The highest BCUT2D eigenvalue weighted by molar-refractivity contribution is 5.90. The maximum absolute atomic E-state index is 13.9. The quantitative estimate of drug-likeness (QED) is 0.919. The highest BCUT2D eigenvalue weighted by Crippen LogP contribution is 2.24. The fraction of sp³-hybridized carbons (Fsp3) is 0.133. The lowest BCUT2D eigenvalue weighted by molar-refractivity contribution is 0.0691. The molecule has 0 aliphatic rings. The van der Waals surface area contributed by atoms with E-state index in [2.05, 4.69) is 0 Å². The summed E-state index contributed by atoms with van der Waals surface area (Å²) in [6.07, 6.45) is 0. The average molecular weight is 294 g/mol. The van der Waals surface area contributed by atoms with Gasteiger partial charge in [-0.05, 0) is 24.3 Å². The van der Waals surface area contributed by atoms with Gasteiger partial charge in [-0.3, -0.25) is 0 Å². The molecule has 2 rings (SSSR count). The van der Waals surface area contributed by atoms with E-state index in [1.165, 1.54) is 25.3 Å². The maximum Gasteiger partial charge on any atom is 0.339 e. The third kappa shape index (κ3) is 3.28. The molecule has 2 aromatic carbocycles. The van der Waals surface area contributed by atoms with Crippen molar-refractivity contribution >= 4 is 5.97 Å². The molecule has 4 nitrogen and oxygen atoms in total. The monoisotopic (exact) mass is 294 g/mol. The minimum absolute atomic E-state index is 0.0360. The first kappa shape index (κ1) is 14.8. The largest absolute Gasteiger partial charge is 0.494 e. The summed E-state index contributed by atoms with van der Waals surface area (Å²) < 4.78 is 37.1. The molecule has 0 unspecified atom stereocenters. The number of rotatable bonds is 5. The second-order valence-corrected chi connectivity index (χ2v) is 4.17. The molecule has 0 saturated heterocycles. The van der Waals surface area contributed by atoms with Gasteiger partial charge in [-0.2, -0.15) is 0 Å². The van der Waals surface area contributed by atoms with E-state index in [4.69, 9.17) is 14.6 Å². The number of benzene rings is 2.